The van der Waals surface area contributed by atoms with Crippen LogP contribution in [0.15, 0.2) is 0 Å². The van der Waals surface area contributed by atoms with Crippen molar-refractivity contribution in [3.63, 3.8) is 0 Å². The summed E-state index contributed by atoms with van der Waals surface area (Å²) >= 11 is 3.19. The van der Waals surface area contributed by atoms with Gasteiger partial charge in [0, 0.05) is 10.7 Å². The quantitative estimate of drug-likeness (QED) is 0.405. The van der Waals surface area contributed by atoms with Crippen molar-refractivity contribution >= 4 is 33.7 Å². The molecule has 0 aliphatic rings. The summed E-state index contributed by atoms with van der Waals surface area (Å²) < 4.78 is 9.51. The average Bonchev–Trinajstić information content (AvgIpc) is 2.29. The van der Waals surface area contributed by atoms with Crippen LogP contribution in [-0.2, 0) is 23.9 Å². The molecule has 0 aromatic rings. The van der Waals surface area contributed by atoms with Crippen LogP contribution in [-0.4, -0.2) is 36.3 Å². The van der Waals surface area contributed by atoms with Gasteiger partial charge in [-0.2, -0.15) is 0 Å². The largest absolute Gasteiger partial charge is 0.465 e. The number of esters is 2. The molecule has 0 saturated heterocycles. The number of alkyl halides is 1. The Labute approximate surface area is 115 Å². The van der Waals surface area contributed by atoms with E-state index >= 15 is 0 Å². The molecule has 18 heavy (non-hydrogen) atoms. The number of Topliss-reactive ketones (excluding diaryl/α,β-unsaturated/α-hetero) is 1. The van der Waals surface area contributed by atoms with E-state index in [-0.39, 0.29) is 13.2 Å². The van der Waals surface area contributed by atoms with Crippen molar-refractivity contribution in [2.24, 2.45) is 11.3 Å². The maximum Gasteiger partial charge on any atom is 0.328 e. The first-order chi connectivity index (χ1) is 8.31. The lowest BCUT2D eigenvalue weighted by Gasteiger charge is -2.24. The molecule has 0 heterocycles. The van der Waals surface area contributed by atoms with Crippen LogP contribution in [0.4, 0.5) is 0 Å². The second kappa shape index (κ2) is 7.51. The van der Waals surface area contributed by atoms with E-state index in [4.69, 9.17) is 9.47 Å². The summed E-state index contributed by atoms with van der Waals surface area (Å²) in [6.07, 6.45) is 0. The summed E-state index contributed by atoms with van der Waals surface area (Å²) in [6, 6.07) is 0. The fourth-order valence-corrected chi connectivity index (χ4v) is 1.49. The van der Waals surface area contributed by atoms with Crippen LogP contribution >= 0.6 is 15.9 Å². The third kappa shape index (κ3) is 4.40. The van der Waals surface area contributed by atoms with Gasteiger partial charge in [0.2, 0.25) is 5.92 Å². The van der Waals surface area contributed by atoms with Crippen molar-refractivity contribution in [1.82, 2.24) is 0 Å². The van der Waals surface area contributed by atoms with Crippen molar-refractivity contribution < 1.29 is 23.9 Å². The van der Waals surface area contributed by atoms with Gasteiger partial charge in [0.1, 0.15) is 0 Å². The van der Waals surface area contributed by atoms with Crippen molar-refractivity contribution in [2.45, 2.75) is 27.7 Å². The maximum atomic E-state index is 12.2. The van der Waals surface area contributed by atoms with Gasteiger partial charge < -0.3 is 9.47 Å². The van der Waals surface area contributed by atoms with E-state index in [9.17, 15) is 14.4 Å². The number of hydrogen-bond donors (Lipinski definition) is 0. The highest BCUT2D eigenvalue weighted by Gasteiger charge is 2.43. The molecule has 0 aliphatic carbocycles. The Bertz CT molecular complexity index is 306. The minimum absolute atomic E-state index is 0.108. The van der Waals surface area contributed by atoms with E-state index in [1.807, 2.05) is 0 Å². The third-order valence-electron chi connectivity index (χ3n) is 2.31. The second-order valence-corrected chi connectivity index (χ2v) is 4.88. The van der Waals surface area contributed by atoms with Crippen LogP contribution in [0.2, 0.25) is 0 Å². The van der Waals surface area contributed by atoms with E-state index < -0.39 is 29.1 Å². The zero-order valence-corrected chi connectivity index (χ0v) is 12.7. The van der Waals surface area contributed by atoms with E-state index in [1.165, 1.54) is 0 Å². The van der Waals surface area contributed by atoms with Gasteiger partial charge in [-0.15, -0.1) is 0 Å². The van der Waals surface area contributed by atoms with Gasteiger partial charge in [-0.3, -0.25) is 14.4 Å². The molecule has 0 fully saturated rings. The predicted octanol–water partition coefficient (Wildman–Crippen LogP) is 1.72. The molecule has 0 spiro atoms. The smallest absolute Gasteiger partial charge is 0.328 e. The topological polar surface area (TPSA) is 69.7 Å². The summed E-state index contributed by atoms with van der Waals surface area (Å²) in [4.78, 5) is 35.6. The minimum Gasteiger partial charge on any atom is -0.465 e. The minimum atomic E-state index is -1.50. The molecule has 0 radical (unpaired) electrons. The number of hydrogen-bond acceptors (Lipinski definition) is 5. The first kappa shape index (κ1) is 17.1. The van der Waals surface area contributed by atoms with Crippen LogP contribution in [0.1, 0.15) is 27.7 Å². The molecule has 0 aromatic carbocycles. The Morgan fingerprint density at radius 3 is 1.72 bits per heavy atom. The molecule has 0 unspecified atom stereocenters. The normalized spacial score (nSPS) is 11.2. The molecule has 6 heteroatoms. The standard InChI is InChI=1S/C12H19BrO5/c1-5-17-10(15)8(11(16)18-6-2)9(14)12(3,4)7-13/h8H,5-7H2,1-4H3. The Morgan fingerprint density at radius 2 is 1.44 bits per heavy atom. The SMILES string of the molecule is CCOC(=O)C(C(=O)OCC)C(=O)C(C)(C)CBr. The van der Waals surface area contributed by atoms with E-state index in [0.29, 0.717) is 5.33 Å². The lowest BCUT2D eigenvalue weighted by Crippen LogP contribution is -2.42. The molecule has 0 N–H and O–H groups in total. The van der Waals surface area contributed by atoms with Gasteiger partial charge >= 0.3 is 11.9 Å². The Morgan fingerprint density at radius 1 is 1.06 bits per heavy atom. The molecule has 5 nitrogen and oxygen atoms in total. The fourth-order valence-electron chi connectivity index (χ4n) is 1.22. The maximum absolute atomic E-state index is 12.2. The third-order valence-corrected chi connectivity index (χ3v) is 3.71. The van der Waals surface area contributed by atoms with Crippen LogP contribution in [0.3, 0.4) is 0 Å². The zero-order valence-electron chi connectivity index (χ0n) is 11.1. The van der Waals surface area contributed by atoms with E-state index in [2.05, 4.69) is 15.9 Å². The van der Waals surface area contributed by atoms with Gasteiger partial charge in [0.05, 0.1) is 13.2 Å². The highest BCUT2D eigenvalue weighted by molar-refractivity contribution is 9.09. The molecular formula is C12H19BrO5. The van der Waals surface area contributed by atoms with Gasteiger partial charge in [-0.25, -0.2) is 0 Å². The Balaban J connectivity index is 5.15. The monoisotopic (exact) mass is 322 g/mol. The summed E-state index contributed by atoms with van der Waals surface area (Å²) in [5, 5.41) is 0.341. The number of halogens is 1. The van der Waals surface area contributed by atoms with Crippen LogP contribution in [0, 0.1) is 11.3 Å². The number of ether oxygens (including phenoxy) is 2. The fraction of sp³-hybridized carbons (Fsp3) is 0.750. The van der Waals surface area contributed by atoms with Gasteiger partial charge in [-0.1, -0.05) is 29.8 Å². The summed E-state index contributed by atoms with van der Waals surface area (Å²) in [6.45, 7) is 6.74. The average molecular weight is 323 g/mol. The molecule has 104 valence electrons. The van der Waals surface area contributed by atoms with Gasteiger partial charge in [-0.05, 0) is 13.8 Å². The van der Waals surface area contributed by atoms with Crippen molar-refractivity contribution in [3.8, 4) is 0 Å². The lowest BCUT2D eigenvalue weighted by atomic mass is 9.83. The summed E-state index contributed by atoms with van der Waals surface area (Å²) in [7, 11) is 0. The number of carbonyl (C=O) groups excluding carboxylic acids is 3. The highest BCUT2D eigenvalue weighted by atomic mass is 79.9. The predicted molar refractivity (Wildman–Crippen MR) is 69.3 cm³/mol. The molecule has 0 bridgehead atoms. The lowest BCUT2D eigenvalue weighted by molar-refractivity contribution is -0.165. The van der Waals surface area contributed by atoms with Crippen LogP contribution in [0.5, 0.6) is 0 Å². The van der Waals surface area contributed by atoms with Gasteiger partial charge in [0.25, 0.3) is 0 Å². The van der Waals surface area contributed by atoms with E-state index in [0.717, 1.165) is 0 Å². The van der Waals surface area contributed by atoms with Crippen LogP contribution in [0.25, 0.3) is 0 Å². The summed E-state index contributed by atoms with van der Waals surface area (Å²) in [5.41, 5.74) is -0.843. The Hall–Kier alpha value is -0.910. The van der Waals surface area contributed by atoms with Gasteiger partial charge in [0.15, 0.2) is 5.78 Å². The van der Waals surface area contributed by atoms with Crippen molar-refractivity contribution in [3.05, 3.63) is 0 Å². The zero-order chi connectivity index (χ0) is 14.3. The highest BCUT2D eigenvalue weighted by Crippen LogP contribution is 2.25. The number of ketones is 1. The molecular weight excluding hydrogens is 304 g/mol. The molecule has 0 rings (SSSR count). The number of rotatable bonds is 7. The van der Waals surface area contributed by atoms with Crippen molar-refractivity contribution in [2.75, 3.05) is 18.5 Å². The first-order valence-corrected chi connectivity index (χ1v) is 6.87. The molecule has 0 aliphatic heterocycles. The summed E-state index contributed by atoms with van der Waals surface area (Å²) in [5.74, 6) is -3.71. The van der Waals surface area contributed by atoms with Crippen molar-refractivity contribution in [1.29, 1.82) is 0 Å². The van der Waals surface area contributed by atoms with Crippen LogP contribution < -0.4 is 0 Å². The molecule has 0 atom stereocenters. The molecule has 0 amide bonds. The second-order valence-electron chi connectivity index (χ2n) is 4.32. The number of carbonyl (C=O) groups is 3. The Kier molecular flexibility index (Phi) is 7.13. The molecule has 0 aromatic heterocycles. The molecule has 0 saturated carbocycles. The first-order valence-electron chi connectivity index (χ1n) is 5.75. The van der Waals surface area contributed by atoms with E-state index in [1.54, 1.807) is 27.7 Å².